The van der Waals surface area contributed by atoms with Gasteiger partial charge in [-0.3, -0.25) is 9.59 Å². The van der Waals surface area contributed by atoms with Crippen LogP contribution in [0, 0.1) is 5.92 Å². The van der Waals surface area contributed by atoms with Crippen LogP contribution >= 0.6 is 11.6 Å². The molecule has 3 rings (SSSR count). The molecule has 0 saturated carbocycles. The van der Waals surface area contributed by atoms with Gasteiger partial charge in [-0.05, 0) is 63.1 Å². The predicted molar refractivity (Wildman–Crippen MR) is 112 cm³/mol. The molecule has 0 bridgehead atoms. The smallest absolute Gasteiger partial charge is 0.266 e. The molecule has 29 heavy (non-hydrogen) atoms. The number of halogens is 1. The Morgan fingerprint density at radius 2 is 1.72 bits per heavy atom. The Hall–Kier alpha value is -2.73. The Morgan fingerprint density at radius 3 is 2.34 bits per heavy atom. The highest BCUT2D eigenvalue weighted by Gasteiger charge is 2.37. The summed E-state index contributed by atoms with van der Waals surface area (Å²) in [5.41, 5.74) is -0.632. The fourth-order valence-corrected chi connectivity index (χ4v) is 3.51. The molecule has 6 nitrogen and oxygen atoms in total. The third kappa shape index (κ3) is 5.21. The number of nitrogens with zero attached hydrogens (tertiary/aromatic N) is 1. The molecule has 2 N–H and O–H groups in total. The van der Waals surface area contributed by atoms with Crippen LogP contribution in [-0.4, -0.2) is 40.5 Å². The summed E-state index contributed by atoms with van der Waals surface area (Å²) < 4.78 is 5.88. The highest BCUT2D eigenvalue weighted by Crippen LogP contribution is 2.27. The van der Waals surface area contributed by atoms with Gasteiger partial charge in [0, 0.05) is 24.0 Å². The molecule has 1 aliphatic heterocycles. The zero-order chi connectivity index (χ0) is 21.0. The first-order chi connectivity index (χ1) is 13.8. The van der Waals surface area contributed by atoms with Crippen molar-refractivity contribution in [2.24, 2.45) is 5.92 Å². The summed E-state index contributed by atoms with van der Waals surface area (Å²) in [4.78, 5) is 27.2. The number of piperidine rings is 1. The number of phenols is 1. The Balaban J connectivity index is 1.55. The molecular weight excluding hydrogens is 392 g/mol. The van der Waals surface area contributed by atoms with Gasteiger partial charge in [-0.25, -0.2) is 0 Å². The maximum absolute atomic E-state index is 12.9. The fraction of sp³-hybridized carbons (Fsp3) is 0.364. The zero-order valence-corrected chi connectivity index (χ0v) is 17.3. The lowest BCUT2D eigenvalue weighted by Crippen LogP contribution is -2.52. The Kier molecular flexibility index (Phi) is 6.33. The fourth-order valence-electron chi connectivity index (χ4n) is 3.38. The largest absolute Gasteiger partial charge is 0.506 e. The van der Waals surface area contributed by atoms with Gasteiger partial charge in [-0.2, -0.15) is 0 Å². The average molecular weight is 417 g/mol. The molecule has 1 fully saturated rings. The van der Waals surface area contributed by atoms with Crippen molar-refractivity contribution in [3.05, 3.63) is 53.6 Å². The number of carbonyl (C=O) groups excluding carboxylic acids is 2. The van der Waals surface area contributed by atoms with Crippen LogP contribution in [0.4, 0.5) is 5.69 Å². The summed E-state index contributed by atoms with van der Waals surface area (Å²) in [6.07, 6.45) is 1.12. The number of benzene rings is 2. The van der Waals surface area contributed by atoms with Crippen LogP contribution in [0.5, 0.6) is 11.5 Å². The summed E-state index contributed by atoms with van der Waals surface area (Å²) in [7, 11) is 0. The highest BCUT2D eigenvalue weighted by atomic mass is 35.5. The van der Waals surface area contributed by atoms with Gasteiger partial charge < -0.3 is 20.1 Å². The number of phenolic OH excluding ortho intramolecular Hbond substituents is 1. The number of nitrogens with one attached hydrogen (secondary N) is 1. The molecule has 1 saturated heterocycles. The number of hydrogen-bond donors (Lipinski definition) is 2. The van der Waals surface area contributed by atoms with Crippen molar-refractivity contribution in [3.63, 3.8) is 0 Å². The molecule has 0 unspecified atom stereocenters. The molecule has 0 aliphatic carbocycles. The van der Waals surface area contributed by atoms with Crippen molar-refractivity contribution in [1.82, 2.24) is 4.90 Å². The second kappa shape index (κ2) is 8.74. The van der Waals surface area contributed by atoms with Gasteiger partial charge in [0.2, 0.25) is 5.91 Å². The van der Waals surface area contributed by atoms with Gasteiger partial charge in [0.05, 0.1) is 5.69 Å². The molecule has 0 radical (unpaired) electrons. The topological polar surface area (TPSA) is 78.9 Å². The average Bonchev–Trinajstić information content (AvgIpc) is 2.71. The Morgan fingerprint density at radius 1 is 1.10 bits per heavy atom. The van der Waals surface area contributed by atoms with Crippen molar-refractivity contribution in [2.75, 3.05) is 18.4 Å². The summed E-state index contributed by atoms with van der Waals surface area (Å²) >= 11 is 5.89. The summed E-state index contributed by atoms with van der Waals surface area (Å²) in [6, 6.07) is 13.5. The van der Waals surface area contributed by atoms with E-state index in [1.807, 2.05) is 0 Å². The minimum atomic E-state index is -1.03. The quantitative estimate of drug-likeness (QED) is 0.720. The zero-order valence-electron chi connectivity index (χ0n) is 16.5. The van der Waals surface area contributed by atoms with Crippen LogP contribution < -0.4 is 10.1 Å². The summed E-state index contributed by atoms with van der Waals surface area (Å²) in [5.74, 6) is 0.139. The van der Waals surface area contributed by atoms with E-state index in [9.17, 15) is 14.7 Å². The van der Waals surface area contributed by atoms with Crippen LogP contribution in [0.3, 0.4) is 0 Å². The first-order valence-electron chi connectivity index (χ1n) is 9.59. The van der Waals surface area contributed by atoms with Gasteiger partial charge in [0.25, 0.3) is 5.91 Å². The van der Waals surface area contributed by atoms with E-state index in [0.717, 1.165) is 0 Å². The van der Waals surface area contributed by atoms with Crippen LogP contribution in [0.2, 0.25) is 5.02 Å². The molecular formula is C22H25ClN2O4. The number of carbonyl (C=O) groups is 2. The molecule has 0 aromatic heterocycles. The standard InChI is InChI=1S/C22H25ClN2O4/c1-22(2,29-17-9-7-16(23)8-10-17)21(28)25-13-11-15(12-14-25)20(27)24-18-5-3-4-6-19(18)26/h3-10,15,26H,11-14H2,1-2H3,(H,24,27). The van der Waals surface area contributed by atoms with E-state index in [2.05, 4.69) is 5.32 Å². The van der Waals surface area contributed by atoms with Gasteiger partial charge in [0.15, 0.2) is 5.60 Å². The maximum Gasteiger partial charge on any atom is 0.266 e. The van der Waals surface area contributed by atoms with E-state index in [-0.39, 0.29) is 23.5 Å². The van der Waals surface area contributed by atoms with E-state index < -0.39 is 5.60 Å². The monoisotopic (exact) mass is 416 g/mol. The van der Waals surface area contributed by atoms with Crippen molar-refractivity contribution in [3.8, 4) is 11.5 Å². The molecule has 1 aliphatic rings. The Bertz CT molecular complexity index is 875. The molecule has 7 heteroatoms. The lowest BCUT2D eigenvalue weighted by atomic mass is 9.94. The first-order valence-corrected chi connectivity index (χ1v) is 9.97. The maximum atomic E-state index is 12.9. The van der Waals surface area contributed by atoms with E-state index in [1.165, 1.54) is 6.07 Å². The number of aromatic hydroxyl groups is 1. The van der Waals surface area contributed by atoms with Gasteiger partial charge in [0.1, 0.15) is 11.5 Å². The number of para-hydroxylation sites is 2. The molecule has 0 spiro atoms. The SMILES string of the molecule is CC(C)(Oc1ccc(Cl)cc1)C(=O)N1CCC(C(=O)Nc2ccccc2O)CC1. The molecule has 1 heterocycles. The molecule has 154 valence electrons. The second-order valence-corrected chi connectivity index (χ2v) is 8.08. The van der Waals surface area contributed by atoms with E-state index >= 15 is 0 Å². The number of hydrogen-bond acceptors (Lipinski definition) is 4. The second-order valence-electron chi connectivity index (χ2n) is 7.64. The van der Waals surface area contributed by atoms with Crippen LogP contribution in [0.15, 0.2) is 48.5 Å². The third-order valence-electron chi connectivity index (χ3n) is 5.02. The van der Waals surface area contributed by atoms with Gasteiger partial charge >= 0.3 is 0 Å². The lowest BCUT2D eigenvalue weighted by molar-refractivity contribution is -0.147. The first kappa shape index (κ1) is 21.0. The normalized spacial score (nSPS) is 15.1. The number of amides is 2. The van der Waals surface area contributed by atoms with Crippen molar-refractivity contribution in [1.29, 1.82) is 0 Å². The van der Waals surface area contributed by atoms with E-state index in [4.69, 9.17) is 16.3 Å². The molecule has 2 amide bonds. The van der Waals surface area contributed by atoms with Crippen LogP contribution in [-0.2, 0) is 9.59 Å². The van der Waals surface area contributed by atoms with E-state index in [1.54, 1.807) is 61.2 Å². The van der Waals surface area contributed by atoms with Crippen molar-refractivity contribution in [2.45, 2.75) is 32.3 Å². The van der Waals surface area contributed by atoms with Crippen molar-refractivity contribution >= 4 is 29.1 Å². The lowest BCUT2D eigenvalue weighted by Gasteiger charge is -2.36. The van der Waals surface area contributed by atoms with Crippen molar-refractivity contribution < 1.29 is 19.4 Å². The Labute approximate surface area is 175 Å². The molecule has 2 aromatic carbocycles. The van der Waals surface area contributed by atoms with Gasteiger partial charge in [-0.1, -0.05) is 23.7 Å². The summed E-state index contributed by atoms with van der Waals surface area (Å²) in [5, 5.41) is 13.2. The van der Waals surface area contributed by atoms with Crippen LogP contribution in [0.1, 0.15) is 26.7 Å². The minimum absolute atomic E-state index is 0.0366. The number of anilines is 1. The third-order valence-corrected chi connectivity index (χ3v) is 5.27. The number of ether oxygens (including phenoxy) is 1. The van der Waals surface area contributed by atoms with Crippen LogP contribution in [0.25, 0.3) is 0 Å². The summed E-state index contributed by atoms with van der Waals surface area (Å²) in [6.45, 7) is 4.43. The number of likely N-dealkylation sites (tertiary alicyclic amines) is 1. The highest BCUT2D eigenvalue weighted by molar-refractivity contribution is 6.30. The van der Waals surface area contributed by atoms with E-state index in [0.29, 0.717) is 42.4 Å². The van der Waals surface area contributed by atoms with Gasteiger partial charge in [-0.15, -0.1) is 0 Å². The number of rotatable bonds is 5. The predicted octanol–water partition coefficient (Wildman–Crippen LogP) is 4.08. The molecule has 2 aromatic rings. The minimum Gasteiger partial charge on any atom is -0.506 e. The molecule has 0 atom stereocenters.